The number of hydrogen-bond donors (Lipinski definition) is 2. The van der Waals surface area contributed by atoms with Crippen LogP contribution in [0.25, 0.3) is 0 Å². The van der Waals surface area contributed by atoms with Crippen LogP contribution in [0.2, 0.25) is 0 Å². The van der Waals surface area contributed by atoms with Gasteiger partial charge in [0.2, 0.25) is 0 Å². The molecule has 1 aliphatic carbocycles. The number of rotatable bonds is 6. The highest BCUT2D eigenvalue weighted by Gasteiger charge is 2.21. The predicted molar refractivity (Wildman–Crippen MR) is 99.1 cm³/mol. The molecule has 7 heteroatoms. The van der Waals surface area contributed by atoms with Crippen LogP contribution in [0.15, 0.2) is 42.5 Å². The highest BCUT2D eigenvalue weighted by atomic mass is 19.1. The third-order valence-corrected chi connectivity index (χ3v) is 4.31. The molecule has 2 aromatic carbocycles. The third kappa shape index (κ3) is 5.20. The predicted octanol–water partition coefficient (Wildman–Crippen LogP) is 3.52. The van der Waals surface area contributed by atoms with E-state index in [-0.39, 0.29) is 18.5 Å². The number of nitrogens with one attached hydrogen (secondary N) is 1. The normalized spacial score (nSPS) is 14.0. The Morgan fingerprint density at radius 2 is 1.81 bits per heavy atom. The molecule has 142 valence electrons. The summed E-state index contributed by atoms with van der Waals surface area (Å²) >= 11 is 0. The van der Waals surface area contributed by atoms with Crippen LogP contribution in [0.4, 0.5) is 15.8 Å². The fourth-order valence-corrected chi connectivity index (χ4v) is 2.89. The highest BCUT2D eigenvalue weighted by molar-refractivity contribution is 5.92. The molecular formula is C20H21FN2O4. The van der Waals surface area contributed by atoms with Crippen LogP contribution in [-0.2, 0) is 9.53 Å². The van der Waals surface area contributed by atoms with Crippen LogP contribution in [0.3, 0.4) is 0 Å². The average molecular weight is 372 g/mol. The summed E-state index contributed by atoms with van der Waals surface area (Å²) in [6, 6.07) is 9.96. The van der Waals surface area contributed by atoms with Gasteiger partial charge in [-0.25, -0.2) is 9.18 Å². The maximum Gasteiger partial charge on any atom is 0.338 e. The van der Waals surface area contributed by atoms with Crippen molar-refractivity contribution in [3.63, 3.8) is 0 Å². The van der Waals surface area contributed by atoms with Crippen molar-refractivity contribution in [1.82, 2.24) is 0 Å². The molecule has 0 bridgehead atoms. The second-order valence-corrected chi connectivity index (χ2v) is 6.41. The molecule has 3 N–H and O–H groups in total. The fourth-order valence-electron chi connectivity index (χ4n) is 2.89. The molecule has 0 spiro atoms. The lowest BCUT2D eigenvalue weighted by molar-refractivity contribution is -0.118. The number of nitrogens with two attached hydrogens (primary N) is 1. The van der Waals surface area contributed by atoms with Crippen molar-refractivity contribution in [3.05, 3.63) is 53.8 Å². The van der Waals surface area contributed by atoms with Crippen molar-refractivity contribution in [3.8, 4) is 5.75 Å². The van der Waals surface area contributed by atoms with Gasteiger partial charge in [0.25, 0.3) is 5.91 Å². The molecule has 1 fully saturated rings. The SMILES string of the molecule is Nc1ccc(C(=O)OC2CCCC2)cc1OCC(=O)Nc1ccc(F)cc1. The summed E-state index contributed by atoms with van der Waals surface area (Å²) in [5, 5.41) is 2.58. The Balaban J connectivity index is 1.58. The molecule has 1 amide bonds. The summed E-state index contributed by atoms with van der Waals surface area (Å²) in [6.07, 6.45) is 3.86. The Morgan fingerprint density at radius 1 is 1.11 bits per heavy atom. The van der Waals surface area contributed by atoms with Crippen LogP contribution in [-0.4, -0.2) is 24.6 Å². The molecule has 0 saturated heterocycles. The first kappa shape index (κ1) is 18.7. The molecule has 0 atom stereocenters. The van der Waals surface area contributed by atoms with Gasteiger partial charge in [-0.1, -0.05) is 0 Å². The smallest absolute Gasteiger partial charge is 0.338 e. The van der Waals surface area contributed by atoms with Crippen LogP contribution in [0.1, 0.15) is 36.0 Å². The summed E-state index contributed by atoms with van der Waals surface area (Å²) in [5.41, 5.74) is 6.94. The first-order chi connectivity index (χ1) is 13.0. The molecule has 1 aliphatic rings. The first-order valence-corrected chi connectivity index (χ1v) is 8.80. The number of ether oxygens (including phenoxy) is 2. The lowest BCUT2D eigenvalue weighted by Gasteiger charge is -2.13. The molecule has 2 aromatic rings. The summed E-state index contributed by atoms with van der Waals surface area (Å²) in [6.45, 7) is -0.303. The van der Waals surface area contributed by atoms with Gasteiger partial charge in [-0.3, -0.25) is 4.79 Å². The quantitative estimate of drug-likeness (QED) is 0.598. The first-order valence-electron chi connectivity index (χ1n) is 8.80. The number of benzene rings is 2. The third-order valence-electron chi connectivity index (χ3n) is 4.31. The molecule has 0 radical (unpaired) electrons. The van der Waals surface area contributed by atoms with Gasteiger partial charge in [-0.2, -0.15) is 0 Å². The lowest BCUT2D eigenvalue weighted by atomic mass is 10.2. The largest absolute Gasteiger partial charge is 0.482 e. The summed E-state index contributed by atoms with van der Waals surface area (Å²) < 4.78 is 23.8. The van der Waals surface area contributed by atoms with Crippen molar-refractivity contribution in [2.45, 2.75) is 31.8 Å². The van der Waals surface area contributed by atoms with Crippen molar-refractivity contribution in [1.29, 1.82) is 0 Å². The number of carbonyl (C=O) groups is 2. The van der Waals surface area contributed by atoms with E-state index in [0.29, 0.717) is 16.9 Å². The second-order valence-electron chi connectivity index (χ2n) is 6.41. The number of amides is 1. The maximum absolute atomic E-state index is 12.9. The molecule has 3 rings (SSSR count). The number of anilines is 2. The van der Waals surface area contributed by atoms with Gasteiger partial charge >= 0.3 is 5.97 Å². The molecule has 6 nitrogen and oxygen atoms in total. The molecular weight excluding hydrogens is 351 g/mol. The molecule has 27 heavy (non-hydrogen) atoms. The van der Waals surface area contributed by atoms with Crippen LogP contribution >= 0.6 is 0 Å². The zero-order valence-corrected chi connectivity index (χ0v) is 14.7. The summed E-state index contributed by atoms with van der Waals surface area (Å²) in [4.78, 5) is 24.2. The Labute approximate surface area is 156 Å². The van der Waals surface area contributed by atoms with E-state index < -0.39 is 17.7 Å². The average Bonchev–Trinajstić information content (AvgIpc) is 3.16. The molecule has 0 aliphatic heterocycles. The van der Waals surface area contributed by atoms with E-state index in [1.54, 1.807) is 12.1 Å². The van der Waals surface area contributed by atoms with E-state index >= 15 is 0 Å². The van der Waals surface area contributed by atoms with E-state index in [0.717, 1.165) is 25.7 Å². The molecule has 0 unspecified atom stereocenters. The summed E-state index contributed by atoms with van der Waals surface area (Å²) in [7, 11) is 0. The van der Waals surface area contributed by atoms with Crippen LogP contribution in [0.5, 0.6) is 5.75 Å². The number of nitrogen functional groups attached to an aromatic ring is 1. The van der Waals surface area contributed by atoms with E-state index in [1.165, 1.54) is 30.3 Å². The summed E-state index contributed by atoms with van der Waals surface area (Å²) in [5.74, 6) is -1.02. The monoisotopic (exact) mass is 372 g/mol. The zero-order chi connectivity index (χ0) is 19.2. The Hall–Kier alpha value is -3.09. The minimum atomic E-state index is -0.431. The highest BCUT2D eigenvalue weighted by Crippen LogP contribution is 2.26. The fraction of sp³-hybridized carbons (Fsp3) is 0.300. The van der Waals surface area contributed by atoms with E-state index in [1.807, 2.05) is 0 Å². The minimum Gasteiger partial charge on any atom is -0.482 e. The van der Waals surface area contributed by atoms with Gasteiger partial charge in [0.15, 0.2) is 6.61 Å². The Morgan fingerprint density at radius 3 is 2.52 bits per heavy atom. The van der Waals surface area contributed by atoms with Crippen molar-refractivity contribution < 1.29 is 23.5 Å². The lowest BCUT2D eigenvalue weighted by Crippen LogP contribution is -2.20. The van der Waals surface area contributed by atoms with Crippen LogP contribution < -0.4 is 15.8 Å². The second kappa shape index (κ2) is 8.53. The van der Waals surface area contributed by atoms with E-state index in [9.17, 15) is 14.0 Å². The maximum atomic E-state index is 12.9. The molecule has 0 aromatic heterocycles. The number of carbonyl (C=O) groups excluding carboxylic acids is 2. The van der Waals surface area contributed by atoms with Gasteiger partial charge in [0, 0.05) is 5.69 Å². The van der Waals surface area contributed by atoms with Gasteiger partial charge in [0.1, 0.15) is 17.7 Å². The van der Waals surface area contributed by atoms with Crippen molar-refractivity contribution in [2.24, 2.45) is 0 Å². The van der Waals surface area contributed by atoms with E-state index in [2.05, 4.69) is 5.32 Å². The number of hydrogen-bond acceptors (Lipinski definition) is 5. The van der Waals surface area contributed by atoms with Gasteiger partial charge in [0.05, 0.1) is 11.3 Å². The molecule has 0 heterocycles. The van der Waals surface area contributed by atoms with Gasteiger partial charge in [-0.15, -0.1) is 0 Å². The van der Waals surface area contributed by atoms with Crippen molar-refractivity contribution in [2.75, 3.05) is 17.7 Å². The zero-order valence-electron chi connectivity index (χ0n) is 14.7. The molecule has 1 saturated carbocycles. The van der Waals surface area contributed by atoms with Crippen LogP contribution in [0, 0.1) is 5.82 Å². The standard InChI is InChI=1S/C20H21FN2O4/c21-14-6-8-15(9-7-14)23-19(24)12-26-18-11-13(5-10-17(18)22)20(25)27-16-3-1-2-4-16/h5-11,16H,1-4,12,22H2,(H,23,24). The topological polar surface area (TPSA) is 90.7 Å². The number of esters is 1. The van der Waals surface area contributed by atoms with Gasteiger partial charge < -0.3 is 20.5 Å². The van der Waals surface area contributed by atoms with Gasteiger partial charge in [-0.05, 0) is 68.1 Å². The number of halogens is 1. The minimum absolute atomic E-state index is 0.0408. The Kier molecular flexibility index (Phi) is 5.90. The Bertz CT molecular complexity index is 817. The van der Waals surface area contributed by atoms with E-state index in [4.69, 9.17) is 15.2 Å². The van der Waals surface area contributed by atoms with Crippen molar-refractivity contribution >= 4 is 23.3 Å².